The van der Waals surface area contributed by atoms with Crippen molar-refractivity contribution in [3.05, 3.63) is 41.7 Å². The van der Waals surface area contributed by atoms with Crippen molar-refractivity contribution in [2.75, 3.05) is 12.3 Å². The molecule has 1 amide bonds. The average molecular weight is 341 g/mol. The standard InChI is InChI=1S/C19H23N3OS/c23-18(20-12-14-10-11-14)13-24-19-21-16-8-4-5-9-17(16)22(19)15-6-2-1-3-7-15/h1-3,6-7,14H,4-5,8-13H2,(H,20,23). The second-order valence-electron chi connectivity index (χ2n) is 6.70. The van der Waals surface area contributed by atoms with Gasteiger partial charge in [0.25, 0.3) is 0 Å². The minimum Gasteiger partial charge on any atom is -0.355 e. The molecule has 1 aromatic heterocycles. The summed E-state index contributed by atoms with van der Waals surface area (Å²) in [7, 11) is 0. The van der Waals surface area contributed by atoms with Gasteiger partial charge in [-0.1, -0.05) is 30.0 Å². The number of thioether (sulfide) groups is 1. The maximum Gasteiger partial charge on any atom is 0.230 e. The van der Waals surface area contributed by atoms with E-state index in [4.69, 9.17) is 4.98 Å². The van der Waals surface area contributed by atoms with Gasteiger partial charge in [0.15, 0.2) is 5.16 Å². The number of carbonyl (C=O) groups is 1. The Labute approximate surface area is 147 Å². The van der Waals surface area contributed by atoms with Crippen LogP contribution in [0.15, 0.2) is 35.5 Å². The Morgan fingerprint density at radius 1 is 1.21 bits per heavy atom. The van der Waals surface area contributed by atoms with Gasteiger partial charge in [-0.3, -0.25) is 9.36 Å². The van der Waals surface area contributed by atoms with Crippen LogP contribution in [0.4, 0.5) is 0 Å². The van der Waals surface area contributed by atoms with Gasteiger partial charge in [-0.25, -0.2) is 4.98 Å². The van der Waals surface area contributed by atoms with E-state index in [9.17, 15) is 4.79 Å². The zero-order valence-corrected chi connectivity index (χ0v) is 14.6. The van der Waals surface area contributed by atoms with Crippen molar-refractivity contribution in [2.45, 2.75) is 43.7 Å². The molecule has 0 bridgehead atoms. The van der Waals surface area contributed by atoms with E-state index in [0.29, 0.717) is 5.75 Å². The second kappa shape index (κ2) is 7.01. The smallest absolute Gasteiger partial charge is 0.230 e. The highest BCUT2D eigenvalue weighted by atomic mass is 32.2. The number of aryl methyl sites for hydroxylation is 1. The molecule has 0 aliphatic heterocycles. The third-order valence-electron chi connectivity index (χ3n) is 4.73. The number of imidazole rings is 1. The first-order valence-electron chi connectivity index (χ1n) is 8.86. The molecule has 1 N–H and O–H groups in total. The van der Waals surface area contributed by atoms with Crippen molar-refractivity contribution in [1.82, 2.24) is 14.9 Å². The molecule has 0 saturated heterocycles. The van der Waals surface area contributed by atoms with Crippen LogP contribution in [-0.2, 0) is 17.6 Å². The number of nitrogens with zero attached hydrogens (tertiary/aromatic N) is 2. The zero-order chi connectivity index (χ0) is 16.4. The van der Waals surface area contributed by atoms with Crippen LogP contribution < -0.4 is 5.32 Å². The molecular weight excluding hydrogens is 318 g/mol. The fourth-order valence-corrected chi connectivity index (χ4v) is 4.10. The van der Waals surface area contributed by atoms with E-state index in [-0.39, 0.29) is 5.91 Å². The summed E-state index contributed by atoms with van der Waals surface area (Å²) >= 11 is 1.56. The predicted molar refractivity (Wildman–Crippen MR) is 96.7 cm³/mol. The van der Waals surface area contributed by atoms with Gasteiger partial charge >= 0.3 is 0 Å². The summed E-state index contributed by atoms with van der Waals surface area (Å²) in [5.74, 6) is 1.28. The normalized spacial score (nSPS) is 16.7. The largest absolute Gasteiger partial charge is 0.355 e. The number of fused-ring (bicyclic) bond motifs is 1. The SMILES string of the molecule is O=C(CSc1nc2c(n1-c1ccccc1)CCCC2)NCC1CC1. The van der Waals surface area contributed by atoms with Gasteiger partial charge in [0.05, 0.1) is 11.4 Å². The number of para-hydroxylation sites is 1. The minimum atomic E-state index is 0.118. The number of hydrogen-bond acceptors (Lipinski definition) is 3. The van der Waals surface area contributed by atoms with Gasteiger partial charge in [0.1, 0.15) is 0 Å². The minimum absolute atomic E-state index is 0.118. The number of nitrogens with one attached hydrogen (secondary N) is 1. The van der Waals surface area contributed by atoms with Crippen LogP contribution in [0.5, 0.6) is 0 Å². The van der Waals surface area contributed by atoms with Crippen LogP contribution in [0.25, 0.3) is 5.69 Å². The van der Waals surface area contributed by atoms with Crippen LogP contribution in [0.3, 0.4) is 0 Å². The van der Waals surface area contributed by atoms with E-state index in [1.54, 1.807) is 11.8 Å². The summed E-state index contributed by atoms with van der Waals surface area (Å²) < 4.78 is 2.26. The predicted octanol–water partition coefficient (Wildman–Crippen LogP) is 3.37. The van der Waals surface area contributed by atoms with Crippen LogP contribution in [0.1, 0.15) is 37.1 Å². The molecule has 0 spiro atoms. The van der Waals surface area contributed by atoms with Gasteiger partial charge < -0.3 is 5.32 Å². The second-order valence-corrected chi connectivity index (χ2v) is 7.64. The molecule has 5 heteroatoms. The van der Waals surface area contributed by atoms with E-state index in [0.717, 1.165) is 36.1 Å². The molecule has 1 aromatic carbocycles. The van der Waals surface area contributed by atoms with Gasteiger partial charge in [0, 0.05) is 17.9 Å². The highest BCUT2D eigenvalue weighted by molar-refractivity contribution is 7.99. The molecular formula is C19H23N3OS. The van der Waals surface area contributed by atoms with Crippen molar-refractivity contribution in [2.24, 2.45) is 5.92 Å². The lowest BCUT2D eigenvalue weighted by molar-refractivity contribution is -0.118. The number of carbonyl (C=O) groups excluding carboxylic acids is 1. The summed E-state index contributed by atoms with van der Waals surface area (Å²) in [6.07, 6.45) is 7.08. The summed E-state index contributed by atoms with van der Waals surface area (Å²) in [5.41, 5.74) is 3.69. The third-order valence-corrected chi connectivity index (χ3v) is 5.67. The lowest BCUT2D eigenvalue weighted by Crippen LogP contribution is -2.27. The molecule has 1 saturated carbocycles. The Kier molecular flexibility index (Phi) is 4.60. The fraction of sp³-hybridized carbons (Fsp3) is 0.474. The number of benzene rings is 1. The summed E-state index contributed by atoms with van der Waals surface area (Å²) in [5, 5.41) is 3.99. The molecule has 4 rings (SSSR count). The van der Waals surface area contributed by atoms with Crippen LogP contribution in [0.2, 0.25) is 0 Å². The summed E-state index contributed by atoms with van der Waals surface area (Å²) in [4.78, 5) is 16.9. The monoisotopic (exact) mass is 341 g/mol. The van der Waals surface area contributed by atoms with Gasteiger partial charge in [-0.2, -0.15) is 0 Å². The quantitative estimate of drug-likeness (QED) is 0.820. The van der Waals surface area contributed by atoms with Crippen molar-refractivity contribution in [3.63, 3.8) is 0 Å². The molecule has 0 radical (unpaired) electrons. The molecule has 2 aliphatic carbocycles. The van der Waals surface area contributed by atoms with Crippen molar-refractivity contribution in [1.29, 1.82) is 0 Å². The van der Waals surface area contributed by atoms with E-state index in [1.165, 1.54) is 37.1 Å². The van der Waals surface area contributed by atoms with E-state index < -0.39 is 0 Å². The van der Waals surface area contributed by atoms with Crippen molar-refractivity contribution >= 4 is 17.7 Å². The highest BCUT2D eigenvalue weighted by Crippen LogP contribution is 2.31. The Morgan fingerprint density at radius 3 is 2.79 bits per heavy atom. The Bertz CT molecular complexity index is 722. The van der Waals surface area contributed by atoms with E-state index in [1.807, 2.05) is 6.07 Å². The van der Waals surface area contributed by atoms with Gasteiger partial charge in [0.2, 0.25) is 5.91 Å². The first kappa shape index (κ1) is 15.8. The Morgan fingerprint density at radius 2 is 2.00 bits per heavy atom. The first-order chi connectivity index (χ1) is 11.8. The Balaban J connectivity index is 1.53. The molecule has 4 nitrogen and oxygen atoms in total. The number of amides is 1. The molecule has 1 heterocycles. The number of aromatic nitrogens is 2. The molecule has 0 unspecified atom stereocenters. The fourth-order valence-electron chi connectivity index (χ4n) is 3.22. The molecule has 126 valence electrons. The number of rotatable bonds is 6. The molecule has 24 heavy (non-hydrogen) atoms. The van der Waals surface area contributed by atoms with Crippen LogP contribution in [0, 0.1) is 5.92 Å². The molecule has 1 fully saturated rings. The third kappa shape index (κ3) is 3.51. The maximum atomic E-state index is 12.1. The van der Waals surface area contributed by atoms with Crippen LogP contribution in [-0.4, -0.2) is 27.8 Å². The number of hydrogen-bond donors (Lipinski definition) is 1. The maximum absolute atomic E-state index is 12.1. The van der Waals surface area contributed by atoms with Crippen LogP contribution >= 0.6 is 11.8 Å². The lowest BCUT2D eigenvalue weighted by Gasteiger charge is -2.15. The average Bonchev–Trinajstić information content (AvgIpc) is 3.38. The molecule has 2 aromatic rings. The molecule has 2 aliphatic rings. The van der Waals surface area contributed by atoms with Crippen molar-refractivity contribution in [3.8, 4) is 5.69 Å². The summed E-state index contributed by atoms with van der Waals surface area (Å²) in [6.45, 7) is 0.836. The van der Waals surface area contributed by atoms with E-state index >= 15 is 0 Å². The van der Waals surface area contributed by atoms with Gasteiger partial charge in [-0.15, -0.1) is 0 Å². The lowest BCUT2D eigenvalue weighted by atomic mass is 10.0. The van der Waals surface area contributed by atoms with Gasteiger partial charge in [-0.05, 0) is 56.6 Å². The van der Waals surface area contributed by atoms with Crippen molar-refractivity contribution < 1.29 is 4.79 Å². The molecule has 0 atom stereocenters. The Hall–Kier alpha value is -1.75. The topological polar surface area (TPSA) is 46.9 Å². The van der Waals surface area contributed by atoms with E-state index in [2.05, 4.69) is 34.1 Å². The first-order valence-corrected chi connectivity index (χ1v) is 9.85. The zero-order valence-electron chi connectivity index (χ0n) is 13.8. The summed E-state index contributed by atoms with van der Waals surface area (Å²) in [6, 6.07) is 10.4. The highest BCUT2D eigenvalue weighted by Gasteiger charge is 2.23.